The van der Waals surface area contributed by atoms with Crippen LogP contribution in [0.3, 0.4) is 0 Å². The average Bonchev–Trinajstić information content (AvgIpc) is 2.57. The second-order valence-corrected chi connectivity index (χ2v) is 6.86. The molecule has 0 atom stereocenters. The third kappa shape index (κ3) is 21.6. The molecule has 0 aliphatic rings. The monoisotopic (exact) mass is 318 g/mol. The topological polar surface area (TPSA) is 0 Å². The van der Waals surface area contributed by atoms with Gasteiger partial charge in [0.15, 0.2) is 0 Å². The van der Waals surface area contributed by atoms with Gasteiger partial charge in [-0.3, -0.25) is 0 Å². The SMILES string of the molecule is [CH2]CCC#CCCCCCCCCCCCCCCCCC[CH2]. The van der Waals surface area contributed by atoms with Gasteiger partial charge in [0.25, 0.3) is 0 Å². The predicted octanol–water partition coefficient (Wildman–Crippen LogP) is 8.07. The molecular weight excluding hydrogens is 276 g/mol. The molecule has 0 saturated carbocycles. The van der Waals surface area contributed by atoms with Crippen LogP contribution in [0.25, 0.3) is 0 Å². The van der Waals surface area contributed by atoms with Crippen molar-refractivity contribution >= 4 is 0 Å². The van der Waals surface area contributed by atoms with Gasteiger partial charge in [-0.2, -0.15) is 0 Å². The van der Waals surface area contributed by atoms with E-state index in [0.29, 0.717) is 0 Å². The van der Waals surface area contributed by atoms with E-state index in [2.05, 4.69) is 25.7 Å². The van der Waals surface area contributed by atoms with Crippen LogP contribution in [0.1, 0.15) is 122 Å². The lowest BCUT2D eigenvalue weighted by molar-refractivity contribution is 0.531. The average molecular weight is 319 g/mol. The lowest BCUT2D eigenvalue weighted by Gasteiger charge is -2.03. The number of hydrogen-bond acceptors (Lipinski definition) is 0. The summed E-state index contributed by atoms with van der Waals surface area (Å²) in [5, 5.41) is 0. The van der Waals surface area contributed by atoms with Crippen molar-refractivity contribution < 1.29 is 0 Å². The van der Waals surface area contributed by atoms with Crippen LogP contribution in [0.2, 0.25) is 0 Å². The summed E-state index contributed by atoms with van der Waals surface area (Å²) in [4.78, 5) is 0. The molecule has 0 amide bonds. The second kappa shape index (κ2) is 21.6. The highest BCUT2D eigenvalue weighted by molar-refractivity contribution is 4.98. The maximum atomic E-state index is 3.90. The molecular formula is C23H42. The lowest BCUT2D eigenvalue weighted by Crippen LogP contribution is -1.83. The fraction of sp³-hybridized carbons (Fsp3) is 0.826. The highest BCUT2D eigenvalue weighted by Gasteiger charge is 1.94. The van der Waals surface area contributed by atoms with Crippen molar-refractivity contribution in [1.29, 1.82) is 0 Å². The summed E-state index contributed by atoms with van der Waals surface area (Å²) in [5.41, 5.74) is 0. The van der Waals surface area contributed by atoms with Gasteiger partial charge in [0.05, 0.1) is 0 Å². The number of hydrogen-bond donors (Lipinski definition) is 0. The molecule has 134 valence electrons. The molecule has 0 rings (SSSR count). The summed E-state index contributed by atoms with van der Waals surface area (Å²) in [7, 11) is 0. The quantitative estimate of drug-likeness (QED) is 0.188. The number of rotatable bonds is 17. The summed E-state index contributed by atoms with van der Waals surface area (Å²) < 4.78 is 0. The maximum absolute atomic E-state index is 3.90. The predicted molar refractivity (Wildman–Crippen MR) is 106 cm³/mol. The minimum absolute atomic E-state index is 0.948. The molecule has 0 spiro atoms. The van der Waals surface area contributed by atoms with Crippen molar-refractivity contribution in [3.8, 4) is 11.8 Å². The third-order valence-corrected chi connectivity index (χ3v) is 4.48. The van der Waals surface area contributed by atoms with Gasteiger partial charge in [-0.05, 0) is 12.8 Å². The summed E-state index contributed by atoms with van der Waals surface area (Å²) in [5.74, 6) is 6.42. The maximum Gasteiger partial charge on any atom is 0.00886 e. The van der Waals surface area contributed by atoms with Crippen LogP contribution in [0.15, 0.2) is 0 Å². The molecule has 0 fully saturated rings. The zero-order chi connectivity index (χ0) is 16.8. The van der Waals surface area contributed by atoms with Crippen LogP contribution in [-0.2, 0) is 0 Å². The van der Waals surface area contributed by atoms with E-state index in [4.69, 9.17) is 0 Å². The standard InChI is InChI=1S/C23H42/c1-3-5-7-9-11-13-15-17-19-21-23-22-20-18-16-14-12-10-8-6-4-2/h1-7,9,11-23H2. The van der Waals surface area contributed by atoms with Crippen LogP contribution in [0.4, 0.5) is 0 Å². The van der Waals surface area contributed by atoms with Crippen molar-refractivity contribution in [2.45, 2.75) is 122 Å². The van der Waals surface area contributed by atoms with Gasteiger partial charge in [0, 0.05) is 12.8 Å². The zero-order valence-corrected chi connectivity index (χ0v) is 15.8. The van der Waals surface area contributed by atoms with Crippen molar-refractivity contribution in [3.63, 3.8) is 0 Å². The Morgan fingerprint density at radius 1 is 0.348 bits per heavy atom. The van der Waals surface area contributed by atoms with Crippen molar-refractivity contribution in [1.82, 2.24) is 0 Å². The molecule has 0 heterocycles. The van der Waals surface area contributed by atoms with E-state index in [1.165, 1.54) is 96.3 Å². The van der Waals surface area contributed by atoms with Crippen LogP contribution < -0.4 is 0 Å². The van der Waals surface area contributed by atoms with E-state index in [9.17, 15) is 0 Å². The normalized spacial score (nSPS) is 10.5. The Hall–Kier alpha value is -0.440. The number of unbranched alkanes of at least 4 members (excludes halogenated alkanes) is 17. The Labute approximate surface area is 148 Å². The summed E-state index contributed by atoms with van der Waals surface area (Å²) in [6.45, 7) is 7.69. The highest BCUT2D eigenvalue weighted by Crippen LogP contribution is 2.13. The lowest BCUT2D eigenvalue weighted by atomic mass is 10.0. The first-order chi connectivity index (χ1) is 11.4. The Morgan fingerprint density at radius 3 is 1.09 bits per heavy atom. The summed E-state index contributed by atoms with van der Waals surface area (Å²) in [6, 6.07) is 0. The molecule has 0 aliphatic carbocycles. The first kappa shape index (κ1) is 22.6. The van der Waals surface area contributed by atoms with Gasteiger partial charge in [0.1, 0.15) is 0 Å². The van der Waals surface area contributed by atoms with Crippen molar-refractivity contribution in [3.05, 3.63) is 13.8 Å². The van der Waals surface area contributed by atoms with Crippen LogP contribution in [0, 0.1) is 25.7 Å². The molecule has 0 nitrogen and oxygen atoms in total. The zero-order valence-electron chi connectivity index (χ0n) is 15.8. The van der Waals surface area contributed by atoms with Crippen LogP contribution in [0.5, 0.6) is 0 Å². The Bertz CT molecular complexity index is 255. The second-order valence-electron chi connectivity index (χ2n) is 6.86. The molecule has 0 aromatic heterocycles. The minimum atomic E-state index is 0.948. The van der Waals surface area contributed by atoms with Gasteiger partial charge < -0.3 is 0 Å². The van der Waals surface area contributed by atoms with E-state index in [-0.39, 0.29) is 0 Å². The first-order valence-electron chi connectivity index (χ1n) is 10.5. The molecule has 0 saturated heterocycles. The third-order valence-electron chi connectivity index (χ3n) is 4.48. The molecule has 0 aromatic rings. The largest absolute Gasteiger partial charge is 0.103 e. The first-order valence-corrected chi connectivity index (χ1v) is 10.5. The Morgan fingerprint density at radius 2 is 0.696 bits per heavy atom. The van der Waals surface area contributed by atoms with Crippen LogP contribution in [-0.4, -0.2) is 0 Å². The van der Waals surface area contributed by atoms with Gasteiger partial charge in [0.2, 0.25) is 0 Å². The van der Waals surface area contributed by atoms with Crippen molar-refractivity contribution in [2.75, 3.05) is 0 Å². The Kier molecular flexibility index (Phi) is 21.1. The van der Waals surface area contributed by atoms with Gasteiger partial charge in [-0.25, -0.2) is 0 Å². The molecule has 0 heteroatoms. The molecule has 0 N–H and O–H groups in total. The van der Waals surface area contributed by atoms with Gasteiger partial charge >= 0.3 is 0 Å². The molecule has 0 unspecified atom stereocenters. The van der Waals surface area contributed by atoms with E-state index in [1.807, 2.05) is 0 Å². The van der Waals surface area contributed by atoms with E-state index < -0.39 is 0 Å². The van der Waals surface area contributed by atoms with Gasteiger partial charge in [-0.15, -0.1) is 11.8 Å². The molecule has 23 heavy (non-hydrogen) atoms. The van der Waals surface area contributed by atoms with Gasteiger partial charge in [-0.1, -0.05) is 110 Å². The summed E-state index contributed by atoms with van der Waals surface area (Å²) in [6.07, 6.45) is 25.4. The van der Waals surface area contributed by atoms with Crippen molar-refractivity contribution in [2.24, 2.45) is 0 Å². The van der Waals surface area contributed by atoms with E-state index in [0.717, 1.165) is 25.7 Å². The van der Waals surface area contributed by atoms with Crippen LogP contribution >= 0.6 is 0 Å². The smallest absolute Gasteiger partial charge is 0.00886 e. The molecule has 2 radical (unpaired) electrons. The minimum Gasteiger partial charge on any atom is -0.103 e. The molecule has 0 aliphatic heterocycles. The summed E-state index contributed by atoms with van der Waals surface area (Å²) >= 11 is 0. The Balaban J connectivity index is 2.99. The fourth-order valence-electron chi connectivity index (χ4n) is 2.95. The fourth-order valence-corrected chi connectivity index (χ4v) is 2.95. The molecule has 0 bridgehead atoms. The van der Waals surface area contributed by atoms with E-state index >= 15 is 0 Å². The highest BCUT2D eigenvalue weighted by atomic mass is 14.0. The molecule has 0 aromatic carbocycles. The van der Waals surface area contributed by atoms with E-state index in [1.54, 1.807) is 0 Å².